The number of aliphatic hydroxyl groups is 1. The number of methoxy groups -OCH3 is 1. The second-order valence-corrected chi connectivity index (χ2v) is 6.01. The third kappa shape index (κ3) is 3.74. The molecule has 3 N–H and O–H groups in total. The van der Waals surface area contributed by atoms with Crippen LogP contribution >= 0.6 is 0 Å². The van der Waals surface area contributed by atoms with Crippen LogP contribution in [0.3, 0.4) is 0 Å². The third-order valence-corrected chi connectivity index (χ3v) is 4.47. The van der Waals surface area contributed by atoms with Crippen LogP contribution in [0.2, 0.25) is 0 Å². The van der Waals surface area contributed by atoms with Crippen molar-refractivity contribution >= 4 is 6.03 Å². The predicted molar refractivity (Wildman–Crippen MR) is 92.0 cm³/mol. The van der Waals surface area contributed by atoms with Crippen molar-refractivity contribution in [2.75, 3.05) is 13.7 Å². The van der Waals surface area contributed by atoms with Gasteiger partial charge in [-0.25, -0.2) is 9.18 Å². The highest BCUT2D eigenvalue weighted by atomic mass is 19.1. The first-order valence-electron chi connectivity index (χ1n) is 8.22. The van der Waals surface area contributed by atoms with E-state index in [4.69, 9.17) is 4.74 Å². The third-order valence-electron chi connectivity index (χ3n) is 4.47. The van der Waals surface area contributed by atoms with Gasteiger partial charge in [-0.05, 0) is 36.1 Å². The molecule has 2 unspecified atom stereocenters. The lowest BCUT2D eigenvalue weighted by Gasteiger charge is -2.17. The van der Waals surface area contributed by atoms with Gasteiger partial charge in [0.05, 0.1) is 19.3 Å². The molecule has 2 atom stereocenters. The number of carbonyl (C=O) groups is 1. The van der Waals surface area contributed by atoms with Crippen LogP contribution in [0.15, 0.2) is 42.5 Å². The van der Waals surface area contributed by atoms with Gasteiger partial charge < -0.3 is 20.5 Å². The smallest absolute Gasteiger partial charge is 0.315 e. The molecule has 2 amide bonds. The summed E-state index contributed by atoms with van der Waals surface area (Å²) in [4.78, 5) is 12.1. The van der Waals surface area contributed by atoms with Crippen molar-refractivity contribution in [3.8, 4) is 5.75 Å². The molecule has 3 rings (SSSR count). The maximum Gasteiger partial charge on any atom is 0.315 e. The lowest BCUT2D eigenvalue weighted by atomic mass is 10.1. The van der Waals surface area contributed by atoms with Crippen LogP contribution in [0.1, 0.15) is 35.3 Å². The summed E-state index contributed by atoms with van der Waals surface area (Å²) in [5, 5.41) is 15.5. The van der Waals surface area contributed by atoms with Gasteiger partial charge in [0.2, 0.25) is 0 Å². The molecule has 0 aromatic heterocycles. The van der Waals surface area contributed by atoms with Crippen LogP contribution < -0.4 is 15.4 Å². The summed E-state index contributed by atoms with van der Waals surface area (Å²) in [6, 6.07) is 11.3. The maximum absolute atomic E-state index is 13.6. The molecule has 0 radical (unpaired) electrons. The Balaban J connectivity index is 1.57. The standard InChI is InChI=1S/C19H21FN2O3/c1-25-18-8-4-6-12-13(18)9-10-16(12)22-19(24)21-11-17(23)14-5-2-3-7-15(14)20/h2-8,16-17,23H,9-11H2,1H3,(H2,21,22,24). The van der Waals surface area contributed by atoms with Crippen LogP contribution in [0.5, 0.6) is 5.75 Å². The molecule has 2 aromatic rings. The summed E-state index contributed by atoms with van der Waals surface area (Å²) >= 11 is 0. The number of hydrogen-bond acceptors (Lipinski definition) is 3. The molecular weight excluding hydrogens is 323 g/mol. The molecule has 6 heteroatoms. The molecule has 1 aliphatic rings. The van der Waals surface area contributed by atoms with Crippen LogP contribution in [-0.2, 0) is 6.42 Å². The number of ether oxygens (including phenoxy) is 1. The summed E-state index contributed by atoms with van der Waals surface area (Å²) in [7, 11) is 1.63. The van der Waals surface area contributed by atoms with E-state index in [1.807, 2.05) is 18.2 Å². The van der Waals surface area contributed by atoms with Crippen molar-refractivity contribution in [1.29, 1.82) is 0 Å². The highest BCUT2D eigenvalue weighted by molar-refractivity contribution is 5.74. The minimum absolute atomic E-state index is 0.0650. The Morgan fingerprint density at radius 1 is 1.32 bits per heavy atom. The number of rotatable bonds is 5. The second kappa shape index (κ2) is 7.53. The molecule has 5 nitrogen and oxygen atoms in total. The molecule has 1 aliphatic carbocycles. The molecule has 0 bridgehead atoms. The quantitative estimate of drug-likeness (QED) is 0.781. The summed E-state index contributed by atoms with van der Waals surface area (Å²) in [5.41, 5.74) is 2.32. The topological polar surface area (TPSA) is 70.6 Å². The van der Waals surface area contributed by atoms with Gasteiger partial charge in [-0.15, -0.1) is 0 Å². The summed E-state index contributed by atoms with van der Waals surface area (Å²) in [5.74, 6) is 0.339. The Bertz CT molecular complexity index is 766. The zero-order valence-corrected chi connectivity index (χ0v) is 14.0. The van der Waals surface area contributed by atoms with Gasteiger partial charge in [0.1, 0.15) is 11.6 Å². The fourth-order valence-electron chi connectivity index (χ4n) is 3.22. The largest absolute Gasteiger partial charge is 0.496 e. The average Bonchev–Trinajstić information content (AvgIpc) is 3.03. The van der Waals surface area contributed by atoms with E-state index in [9.17, 15) is 14.3 Å². The van der Waals surface area contributed by atoms with Gasteiger partial charge >= 0.3 is 6.03 Å². The van der Waals surface area contributed by atoms with Crippen molar-refractivity contribution in [3.05, 3.63) is 65.0 Å². The van der Waals surface area contributed by atoms with E-state index in [1.54, 1.807) is 19.2 Å². The minimum atomic E-state index is -1.09. The monoisotopic (exact) mass is 344 g/mol. The number of benzene rings is 2. The molecule has 0 saturated carbocycles. The Kier molecular flexibility index (Phi) is 5.19. The highest BCUT2D eigenvalue weighted by Crippen LogP contribution is 2.36. The van der Waals surface area contributed by atoms with Crippen LogP contribution in [-0.4, -0.2) is 24.8 Å². The van der Waals surface area contributed by atoms with Crippen molar-refractivity contribution in [2.24, 2.45) is 0 Å². The summed E-state index contributed by atoms with van der Waals surface area (Å²) < 4.78 is 19.0. The molecule has 0 fully saturated rings. The molecule has 25 heavy (non-hydrogen) atoms. The minimum Gasteiger partial charge on any atom is -0.496 e. The SMILES string of the molecule is COc1cccc2c1CCC2NC(=O)NCC(O)c1ccccc1F. The van der Waals surface area contributed by atoms with Crippen molar-refractivity contribution in [3.63, 3.8) is 0 Å². The fraction of sp³-hybridized carbons (Fsp3) is 0.316. The highest BCUT2D eigenvalue weighted by Gasteiger charge is 2.26. The van der Waals surface area contributed by atoms with Gasteiger partial charge in [0.25, 0.3) is 0 Å². The molecule has 0 spiro atoms. The van der Waals surface area contributed by atoms with Crippen LogP contribution in [0.4, 0.5) is 9.18 Å². The normalized spacial score (nSPS) is 16.8. The number of nitrogens with one attached hydrogen (secondary N) is 2. The number of amides is 2. The zero-order valence-electron chi connectivity index (χ0n) is 14.0. The maximum atomic E-state index is 13.6. The fourth-order valence-corrected chi connectivity index (χ4v) is 3.22. The van der Waals surface area contributed by atoms with Crippen molar-refractivity contribution in [2.45, 2.75) is 25.0 Å². The number of hydrogen-bond donors (Lipinski definition) is 3. The Labute approximate surface area is 145 Å². The first kappa shape index (κ1) is 17.2. The van der Waals surface area contributed by atoms with E-state index in [0.717, 1.165) is 29.7 Å². The molecule has 0 aliphatic heterocycles. The Hall–Kier alpha value is -2.60. The average molecular weight is 344 g/mol. The summed E-state index contributed by atoms with van der Waals surface area (Å²) in [6.07, 6.45) is 0.532. The second-order valence-electron chi connectivity index (χ2n) is 6.01. The molecule has 132 valence electrons. The van der Waals surface area contributed by atoms with E-state index in [1.165, 1.54) is 12.1 Å². The lowest BCUT2D eigenvalue weighted by Crippen LogP contribution is -2.39. The molecular formula is C19H21FN2O3. The predicted octanol–water partition coefficient (Wildman–Crippen LogP) is 2.85. The van der Waals surface area contributed by atoms with Gasteiger partial charge in [-0.3, -0.25) is 0 Å². The van der Waals surface area contributed by atoms with Crippen LogP contribution in [0, 0.1) is 5.82 Å². The number of fused-ring (bicyclic) bond motifs is 1. The molecule has 0 saturated heterocycles. The van der Waals surface area contributed by atoms with Crippen molar-refractivity contribution in [1.82, 2.24) is 10.6 Å². The van der Waals surface area contributed by atoms with Gasteiger partial charge in [0, 0.05) is 12.1 Å². The first-order valence-corrected chi connectivity index (χ1v) is 8.22. The van der Waals surface area contributed by atoms with E-state index >= 15 is 0 Å². The van der Waals surface area contributed by atoms with E-state index in [-0.39, 0.29) is 18.2 Å². The van der Waals surface area contributed by atoms with E-state index in [0.29, 0.717) is 0 Å². The number of aliphatic hydroxyl groups excluding tert-OH is 1. The number of carbonyl (C=O) groups excluding carboxylic acids is 1. The lowest BCUT2D eigenvalue weighted by molar-refractivity contribution is 0.168. The zero-order chi connectivity index (χ0) is 17.8. The Morgan fingerprint density at radius 2 is 2.12 bits per heavy atom. The summed E-state index contributed by atoms with van der Waals surface area (Å²) in [6.45, 7) is -0.0650. The van der Waals surface area contributed by atoms with E-state index in [2.05, 4.69) is 10.6 Å². The Morgan fingerprint density at radius 3 is 2.88 bits per heavy atom. The molecule has 0 heterocycles. The van der Waals surface area contributed by atoms with Gasteiger partial charge in [-0.1, -0.05) is 30.3 Å². The van der Waals surface area contributed by atoms with Gasteiger partial charge in [-0.2, -0.15) is 0 Å². The van der Waals surface area contributed by atoms with E-state index < -0.39 is 18.0 Å². The van der Waals surface area contributed by atoms with Crippen molar-refractivity contribution < 1.29 is 19.0 Å². The molecule has 2 aromatic carbocycles. The van der Waals surface area contributed by atoms with Gasteiger partial charge in [0.15, 0.2) is 0 Å². The van der Waals surface area contributed by atoms with Crippen LogP contribution in [0.25, 0.3) is 0 Å². The number of urea groups is 1. The first-order chi connectivity index (χ1) is 12.1. The number of halogens is 1.